The molecule has 1 aromatic rings. The minimum absolute atomic E-state index is 0.0729. The van der Waals surface area contributed by atoms with E-state index in [0.717, 1.165) is 6.42 Å². The second-order valence-corrected chi connectivity index (χ2v) is 3.98. The van der Waals surface area contributed by atoms with Crippen molar-refractivity contribution in [2.75, 3.05) is 41.1 Å². The van der Waals surface area contributed by atoms with Crippen molar-refractivity contribution >= 4 is 5.91 Å². The molecule has 0 aromatic heterocycles. The van der Waals surface area contributed by atoms with Crippen LogP contribution in [0.5, 0.6) is 17.2 Å². The van der Waals surface area contributed by atoms with Crippen molar-refractivity contribution in [3.05, 3.63) is 18.2 Å². The molecule has 0 spiro atoms. The molecule has 0 bridgehead atoms. The molecule has 0 saturated heterocycles. The Bertz CT molecular complexity index is 422. The predicted molar refractivity (Wildman–Crippen MR) is 74.5 cm³/mol. The molecule has 20 heavy (non-hydrogen) atoms. The molecule has 6 heteroatoms. The van der Waals surface area contributed by atoms with Crippen molar-refractivity contribution in [1.82, 2.24) is 5.32 Å². The minimum atomic E-state index is -0.189. The number of ether oxygens (including phenoxy) is 4. The summed E-state index contributed by atoms with van der Waals surface area (Å²) in [6.45, 7) is 1.10. The van der Waals surface area contributed by atoms with Crippen molar-refractivity contribution in [3.8, 4) is 17.2 Å². The Morgan fingerprint density at radius 1 is 1.15 bits per heavy atom. The number of para-hydroxylation sites is 1. The zero-order valence-electron chi connectivity index (χ0n) is 12.1. The summed E-state index contributed by atoms with van der Waals surface area (Å²) in [7, 11) is 4.69. The SMILES string of the molecule is COCCCNC(=O)COc1cccc(OC)c1OC. The first kappa shape index (κ1) is 16.1. The van der Waals surface area contributed by atoms with Gasteiger partial charge in [-0.3, -0.25) is 4.79 Å². The molecule has 1 aromatic carbocycles. The lowest BCUT2D eigenvalue weighted by Crippen LogP contribution is -2.30. The number of carbonyl (C=O) groups is 1. The van der Waals surface area contributed by atoms with Gasteiger partial charge in [0.2, 0.25) is 5.75 Å². The molecule has 0 aliphatic heterocycles. The summed E-state index contributed by atoms with van der Waals surface area (Å²) in [4.78, 5) is 11.6. The topological polar surface area (TPSA) is 66.0 Å². The first-order valence-electron chi connectivity index (χ1n) is 6.32. The third-order valence-corrected chi connectivity index (χ3v) is 2.57. The lowest BCUT2D eigenvalue weighted by atomic mass is 10.3. The van der Waals surface area contributed by atoms with E-state index in [2.05, 4.69) is 5.32 Å². The Hall–Kier alpha value is -1.95. The van der Waals surface area contributed by atoms with Crippen molar-refractivity contribution in [2.45, 2.75) is 6.42 Å². The number of nitrogens with one attached hydrogen (secondary N) is 1. The summed E-state index contributed by atoms with van der Waals surface area (Å²) in [6.07, 6.45) is 0.769. The van der Waals surface area contributed by atoms with Crippen molar-refractivity contribution in [2.24, 2.45) is 0 Å². The Morgan fingerprint density at radius 3 is 2.55 bits per heavy atom. The second kappa shape index (κ2) is 9.03. The molecule has 0 radical (unpaired) electrons. The van der Waals surface area contributed by atoms with Crippen LogP contribution in [0.1, 0.15) is 6.42 Å². The third kappa shape index (κ3) is 4.97. The lowest BCUT2D eigenvalue weighted by Gasteiger charge is -2.13. The molecule has 0 saturated carbocycles. The van der Waals surface area contributed by atoms with Gasteiger partial charge in [-0.2, -0.15) is 0 Å². The molecular weight excluding hydrogens is 262 g/mol. The lowest BCUT2D eigenvalue weighted by molar-refractivity contribution is -0.123. The number of hydrogen-bond acceptors (Lipinski definition) is 5. The Morgan fingerprint density at radius 2 is 1.90 bits per heavy atom. The van der Waals surface area contributed by atoms with Crippen LogP contribution in [0.4, 0.5) is 0 Å². The molecule has 1 N–H and O–H groups in total. The Kier molecular flexibility index (Phi) is 7.27. The van der Waals surface area contributed by atoms with Gasteiger partial charge in [0.15, 0.2) is 18.1 Å². The molecule has 0 atom stereocenters. The van der Waals surface area contributed by atoms with Crippen LogP contribution in [-0.2, 0) is 9.53 Å². The van der Waals surface area contributed by atoms with E-state index in [4.69, 9.17) is 18.9 Å². The van der Waals surface area contributed by atoms with Crippen LogP contribution < -0.4 is 19.5 Å². The number of methoxy groups -OCH3 is 3. The molecule has 6 nitrogen and oxygen atoms in total. The first-order chi connectivity index (χ1) is 9.72. The van der Waals surface area contributed by atoms with E-state index in [0.29, 0.717) is 30.4 Å². The summed E-state index contributed by atoms with van der Waals surface area (Å²) >= 11 is 0. The molecule has 1 rings (SSSR count). The molecule has 0 aliphatic rings. The van der Waals surface area contributed by atoms with Gasteiger partial charge in [0.25, 0.3) is 5.91 Å². The second-order valence-electron chi connectivity index (χ2n) is 3.98. The standard InChI is InChI=1S/C14H21NO5/c1-17-9-5-8-15-13(16)10-20-12-7-4-6-11(18-2)14(12)19-3/h4,6-7H,5,8-10H2,1-3H3,(H,15,16). The molecule has 112 valence electrons. The summed E-state index contributed by atoms with van der Waals surface area (Å²) < 4.78 is 20.7. The van der Waals surface area contributed by atoms with Crippen LogP contribution in [0.15, 0.2) is 18.2 Å². The smallest absolute Gasteiger partial charge is 0.257 e. The Labute approximate surface area is 119 Å². The quantitative estimate of drug-likeness (QED) is 0.691. The normalized spacial score (nSPS) is 9.95. The first-order valence-corrected chi connectivity index (χ1v) is 6.32. The Balaban J connectivity index is 2.47. The van der Waals surface area contributed by atoms with Gasteiger partial charge in [0, 0.05) is 20.3 Å². The number of hydrogen-bond donors (Lipinski definition) is 1. The van der Waals surface area contributed by atoms with Crippen molar-refractivity contribution in [1.29, 1.82) is 0 Å². The van der Waals surface area contributed by atoms with Crippen LogP contribution in [0.2, 0.25) is 0 Å². The highest BCUT2D eigenvalue weighted by molar-refractivity contribution is 5.77. The minimum Gasteiger partial charge on any atom is -0.493 e. The fourth-order valence-corrected chi connectivity index (χ4v) is 1.61. The van der Waals surface area contributed by atoms with Crippen molar-refractivity contribution < 1.29 is 23.7 Å². The van der Waals surface area contributed by atoms with E-state index < -0.39 is 0 Å². The molecule has 0 unspecified atom stereocenters. The fraction of sp³-hybridized carbons (Fsp3) is 0.500. The van der Waals surface area contributed by atoms with E-state index in [1.807, 2.05) is 0 Å². The molecular formula is C14H21NO5. The van der Waals surface area contributed by atoms with Crippen LogP contribution in [0.25, 0.3) is 0 Å². The average molecular weight is 283 g/mol. The average Bonchev–Trinajstić information content (AvgIpc) is 2.48. The van der Waals surface area contributed by atoms with Gasteiger partial charge >= 0.3 is 0 Å². The van der Waals surface area contributed by atoms with E-state index in [1.165, 1.54) is 7.11 Å². The fourth-order valence-electron chi connectivity index (χ4n) is 1.61. The van der Waals surface area contributed by atoms with Gasteiger partial charge in [-0.25, -0.2) is 0 Å². The van der Waals surface area contributed by atoms with Crippen LogP contribution in [0.3, 0.4) is 0 Å². The predicted octanol–water partition coefficient (Wildman–Crippen LogP) is 1.24. The van der Waals surface area contributed by atoms with Gasteiger partial charge in [0.1, 0.15) is 0 Å². The third-order valence-electron chi connectivity index (χ3n) is 2.57. The maximum atomic E-state index is 11.6. The number of rotatable bonds is 9. The largest absolute Gasteiger partial charge is 0.493 e. The molecule has 0 heterocycles. The molecule has 1 amide bonds. The highest BCUT2D eigenvalue weighted by Crippen LogP contribution is 2.36. The van der Waals surface area contributed by atoms with E-state index >= 15 is 0 Å². The van der Waals surface area contributed by atoms with Crippen LogP contribution in [0, 0.1) is 0 Å². The van der Waals surface area contributed by atoms with Crippen LogP contribution in [-0.4, -0.2) is 47.0 Å². The maximum absolute atomic E-state index is 11.6. The summed E-state index contributed by atoms with van der Waals surface area (Å²) in [5.74, 6) is 1.32. The molecule has 0 fully saturated rings. The highest BCUT2D eigenvalue weighted by Gasteiger charge is 2.11. The summed E-state index contributed by atoms with van der Waals surface area (Å²) in [5.41, 5.74) is 0. The van der Waals surface area contributed by atoms with Gasteiger partial charge in [-0.15, -0.1) is 0 Å². The number of carbonyl (C=O) groups excluding carboxylic acids is 1. The number of amides is 1. The van der Waals surface area contributed by atoms with Gasteiger partial charge in [0.05, 0.1) is 14.2 Å². The van der Waals surface area contributed by atoms with Crippen molar-refractivity contribution in [3.63, 3.8) is 0 Å². The van der Waals surface area contributed by atoms with Gasteiger partial charge < -0.3 is 24.3 Å². The summed E-state index contributed by atoms with van der Waals surface area (Å²) in [5, 5.41) is 2.74. The highest BCUT2D eigenvalue weighted by atomic mass is 16.5. The van der Waals surface area contributed by atoms with E-state index in [1.54, 1.807) is 32.4 Å². The number of benzene rings is 1. The van der Waals surface area contributed by atoms with E-state index in [9.17, 15) is 4.79 Å². The van der Waals surface area contributed by atoms with E-state index in [-0.39, 0.29) is 12.5 Å². The zero-order chi connectivity index (χ0) is 14.8. The monoisotopic (exact) mass is 283 g/mol. The van der Waals surface area contributed by atoms with Gasteiger partial charge in [-0.05, 0) is 18.6 Å². The zero-order valence-corrected chi connectivity index (χ0v) is 12.1. The summed E-state index contributed by atoms with van der Waals surface area (Å²) in [6, 6.07) is 5.25. The van der Waals surface area contributed by atoms with Gasteiger partial charge in [-0.1, -0.05) is 6.07 Å². The molecule has 0 aliphatic carbocycles. The van der Waals surface area contributed by atoms with Crippen LogP contribution >= 0.6 is 0 Å². The maximum Gasteiger partial charge on any atom is 0.257 e.